The Bertz CT molecular complexity index is 570. The van der Waals surface area contributed by atoms with Crippen molar-refractivity contribution in [3.8, 4) is 5.69 Å². The molecule has 1 aromatic heterocycles. The predicted molar refractivity (Wildman–Crippen MR) is 62.7 cm³/mol. The van der Waals surface area contributed by atoms with E-state index in [4.69, 9.17) is 17.3 Å². The zero-order chi connectivity index (χ0) is 13.5. The number of nitrogen functional groups attached to an aromatic ring is 1. The van der Waals surface area contributed by atoms with E-state index < -0.39 is 11.7 Å². The molecule has 0 aliphatic heterocycles. The average molecular weight is 276 g/mol. The summed E-state index contributed by atoms with van der Waals surface area (Å²) >= 11 is 5.68. The largest absolute Gasteiger partial charge is 0.416 e. The third kappa shape index (κ3) is 2.43. The van der Waals surface area contributed by atoms with Gasteiger partial charge >= 0.3 is 6.18 Å². The number of nitrogens with two attached hydrogens (primary N) is 1. The lowest BCUT2D eigenvalue weighted by atomic mass is 10.2. The minimum absolute atomic E-state index is 0.00782. The number of anilines is 1. The third-order valence-electron chi connectivity index (χ3n) is 2.41. The van der Waals surface area contributed by atoms with Crippen LogP contribution in [-0.4, -0.2) is 9.78 Å². The lowest BCUT2D eigenvalue weighted by Crippen LogP contribution is -2.06. The lowest BCUT2D eigenvalue weighted by molar-refractivity contribution is -0.137. The molecule has 2 rings (SSSR count). The summed E-state index contributed by atoms with van der Waals surface area (Å²) in [6, 6.07) is 3.23. The van der Waals surface area contributed by atoms with Crippen molar-refractivity contribution in [2.24, 2.45) is 0 Å². The van der Waals surface area contributed by atoms with Crippen molar-refractivity contribution in [1.82, 2.24) is 9.78 Å². The molecule has 1 heterocycles. The second-order valence-electron chi connectivity index (χ2n) is 3.84. The van der Waals surface area contributed by atoms with Crippen LogP contribution in [0.2, 0.25) is 5.02 Å². The van der Waals surface area contributed by atoms with Gasteiger partial charge in [-0.05, 0) is 25.1 Å². The van der Waals surface area contributed by atoms with Crippen LogP contribution in [0.15, 0.2) is 24.4 Å². The summed E-state index contributed by atoms with van der Waals surface area (Å²) in [6.07, 6.45) is -2.91. The summed E-state index contributed by atoms with van der Waals surface area (Å²) in [5.74, 6) is 0.267. The number of alkyl halides is 3. The van der Waals surface area contributed by atoms with Gasteiger partial charge in [0.05, 0.1) is 11.3 Å². The summed E-state index contributed by atoms with van der Waals surface area (Å²) in [4.78, 5) is 0. The van der Waals surface area contributed by atoms with Crippen LogP contribution in [0, 0.1) is 6.92 Å². The molecule has 0 fully saturated rings. The number of hydrogen-bond acceptors (Lipinski definition) is 2. The van der Waals surface area contributed by atoms with Gasteiger partial charge in [0, 0.05) is 16.8 Å². The van der Waals surface area contributed by atoms with Gasteiger partial charge in [0.2, 0.25) is 0 Å². The minimum atomic E-state index is -4.45. The van der Waals surface area contributed by atoms with E-state index in [1.54, 1.807) is 13.1 Å². The molecule has 0 saturated carbocycles. The van der Waals surface area contributed by atoms with Crippen molar-refractivity contribution in [2.75, 3.05) is 5.73 Å². The van der Waals surface area contributed by atoms with Crippen molar-refractivity contribution >= 4 is 17.4 Å². The maximum absolute atomic E-state index is 12.6. The van der Waals surface area contributed by atoms with Gasteiger partial charge in [-0.1, -0.05) is 11.6 Å². The molecule has 2 N–H and O–H groups in total. The molecule has 7 heteroatoms. The summed E-state index contributed by atoms with van der Waals surface area (Å²) in [5, 5.41) is 3.91. The fraction of sp³-hybridized carbons (Fsp3) is 0.182. The van der Waals surface area contributed by atoms with Crippen molar-refractivity contribution in [3.63, 3.8) is 0 Å². The molecule has 0 spiro atoms. The molecule has 0 aliphatic rings. The highest BCUT2D eigenvalue weighted by molar-refractivity contribution is 6.30. The molecule has 2 aromatic rings. The highest BCUT2D eigenvalue weighted by atomic mass is 35.5. The zero-order valence-electron chi connectivity index (χ0n) is 9.29. The molecule has 96 valence electrons. The summed E-state index contributed by atoms with van der Waals surface area (Å²) in [7, 11) is 0. The van der Waals surface area contributed by atoms with E-state index in [0.29, 0.717) is 5.56 Å². The second-order valence-corrected chi connectivity index (χ2v) is 4.27. The Morgan fingerprint density at radius 2 is 1.94 bits per heavy atom. The second kappa shape index (κ2) is 4.20. The third-order valence-corrected chi connectivity index (χ3v) is 2.63. The number of rotatable bonds is 1. The standard InChI is InChI=1S/C11H9ClF3N3/c1-6-5-18(17-10(6)16)9-3-7(11(13,14)15)2-8(12)4-9/h2-5H,1H3,(H2,16,17). The van der Waals surface area contributed by atoms with Crippen LogP contribution < -0.4 is 5.73 Å². The molecule has 0 radical (unpaired) electrons. The van der Waals surface area contributed by atoms with Crippen molar-refractivity contribution in [1.29, 1.82) is 0 Å². The molecule has 0 amide bonds. The van der Waals surface area contributed by atoms with Crippen LogP contribution >= 0.6 is 11.6 Å². The number of aryl methyl sites for hydroxylation is 1. The Morgan fingerprint density at radius 1 is 1.28 bits per heavy atom. The van der Waals surface area contributed by atoms with Gasteiger partial charge in [-0.2, -0.15) is 18.3 Å². The summed E-state index contributed by atoms with van der Waals surface area (Å²) < 4.78 is 39.2. The molecule has 0 atom stereocenters. The maximum atomic E-state index is 12.6. The number of aromatic nitrogens is 2. The normalized spacial score (nSPS) is 11.8. The summed E-state index contributed by atoms with van der Waals surface area (Å²) in [5.41, 5.74) is 5.63. The first-order valence-electron chi connectivity index (χ1n) is 4.97. The van der Waals surface area contributed by atoms with E-state index in [1.807, 2.05) is 0 Å². The van der Waals surface area contributed by atoms with E-state index in [0.717, 1.165) is 12.1 Å². The Kier molecular flexibility index (Phi) is 2.98. The number of nitrogens with zero attached hydrogens (tertiary/aromatic N) is 2. The highest BCUT2D eigenvalue weighted by Crippen LogP contribution is 2.32. The summed E-state index contributed by atoms with van der Waals surface area (Å²) in [6.45, 7) is 1.72. The molecule has 0 saturated heterocycles. The predicted octanol–water partition coefficient (Wildman–Crippen LogP) is 3.44. The Balaban J connectivity index is 2.55. The number of hydrogen-bond donors (Lipinski definition) is 1. The van der Waals surface area contributed by atoms with Crippen LogP contribution in [0.5, 0.6) is 0 Å². The average Bonchev–Trinajstić information content (AvgIpc) is 2.57. The van der Waals surface area contributed by atoms with Gasteiger partial charge in [0.1, 0.15) is 5.82 Å². The van der Waals surface area contributed by atoms with Crippen molar-refractivity contribution < 1.29 is 13.2 Å². The Morgan fingerprint density at radius 3 is 2.44 bits per heavy atom. The van der Waals surface area contributed by atoms with Crippen LogP contribution in [0.3, 0.4) is 0 Å². The highest BCUT2D eigenvalue weighted by Gasteiger charge is 2.31. The lowest BCUT2D eigenvalue weighted by Gasteiger charge is -2.09. The van der Waals surface area contributed by atoms with Crippen LogP contribution in [-0.2, 0) is 6.18 Å². The molecule has 18 heavy (non-hydrogen) atoms. The Labute approximate surface area is 106 Å². The number of benzene rings is 1. The topological polar surface area (TPSA) is 43.8 Å². The van der Waals surface area contributed by atoms with Crippen LogP contribution in [0.4, 0.5) is 19.0 Å². The molecule has 0 aliphatic carbocycles. The molecule has 0 unspecified atom stereocenters. The zero-order valence-corrected chi connectivity index (χ0v) is 10.0. The van der Waals surface area contributed by atoms with E-state index in [-0.39, 0.29) is 16.5 Å². The molecular weight excluding hydrogens is 267 g/mol. The van der Waals surface area contributed by atoms with Crippen LogP contribution in [0.1, 0.15) is 11.1 Å². The first-order valence-corrected chi connectivity index (χ1v) is 5.35. The first-order chi connectivity index (χ1) is 8.27. The van der Waals surface area contributed by atoms with E-state index in [9.17, 15) is 13.2 Å². The van der Waals surface area contributed by atoms with Gasteiger partial charge in [0.25, 0.3) is 0 Å². The van der Waals surface area contributed by atoms with Gasteiger partial charge < -0.3 is 5.73 Å². The van der Waals surface area contributed by atoms with Crippen molar-refractivity contribution in [2.45, 2.75) is 13.1 Å². The van der Waals surface area contributed by atoms with Gasteiger partial charge in [0.15, 0.2) is 0 Å². The van der Waals surface area contributed by atoms with Crippen LogP contribution in [0.25, 0.3) is 5.69 Å². The van der Waals surface area contributed by atoms with Gasteiger partial charge in [-0.15, -0.1) is 0 Å². The Hall–Kier alpha value is -1.69. The fourth-order valence-corrected chi connectivity index (χ4v) is 1.71. The maximum Gasteiger partial charge on any atom is 0.416 e. The monoisotopic (exact) mass is 275 g/mol. The minimum Gasteiger partial charge on any atom is -0.382 e. The van der Waals surface area contributed by atoms with Crippen molar-refractivity contribution in [3.05, 3.63) is 40.5 Å². The first kappa shape index (κ1) is 12.8. The fourth-order valence-electron chi connectivity index (χ4n) is 1.48. The molecule has 3 nitrogen and oxygen atoms in total. The van der Waals surface area contributed by atoms with Gasteiger partial charge in [-0.3, -0.25) is 0 Å². The van der Waals surface area contributed by atoms with E-state index in [1.165, 1.54) is 10.7 Å². The van der Waals surface area contributed by atoms with E-state index in [2.05, 4.69) is 5.10 Å². The smallest absolute Gasteiger partial charge is 0.382 e. The molecule has 0 bridgehead atoms. The quantitative estimate of drug-likeness (QED) is 0.866. The SMILES string of the molecule is Cc1cn(-c2cc(Cl)cc(C(F)(F)F)c2)nc1N. The van der Waals surface area contributed by atoms with Gasteiger partial charge in [-0.25, -0.2) is 4.68 Å². The number of halogens is 4. The molecule has 1 aromatic carbocycles. The molecular formula is C11H9ClF3N3. The van der Waals surface area contributed by atoms with E-state index >= 15 is 0 Å².